The highest BCUT2D eigenvalue weighted by Gasteiger charge is 2.15. The van der Waals surface area contributed by atoms with Crippen LogP contribution in [0.1, 0.15) is 30.9 Å². The van der Waals surface area contributed by atoms with Crippen LogP contribution in [-0.4, -0.2) is 78.6 Å². The molecule has 2 rings (SSSR count). The molecule has 1 aliphatic rings. The average molecular weight is 534 g/mol. The number of nitrogens with zero attached hydrogens (tertiary/aromatic N) is 2. The number of rotatable bonds is 11. The second-order valence-electron chi connectivity index (χ2n) is 7.62. The SMILES string of the molecule is CN=C(NCCCOCC1CCOCC1)NCC(c1ccc(OC)cc1)N(C)C.I. The molecule has 1 fully saturated rings. The predicted octanol–water partition coefficient (Wildman–Crippen LogP) is 2.91. The van der Waals surface area contributed by atoms with Gasteiger partial charge in [-0.05, 0) is 57.0 Å². The number of nitrogens with one attached hydrogen (secondary N) is 2. The summed E-state index contributed by atoms with van der Waals surface area (Å²) in [5, 5.41) is 6.80. The van der Waals surface area contributed by atoms with Crippen molar-refractivity contribution >= 4 is 29.9 Å². The molecule has 1 saturated heterocycles. The second-order valence-corrected chi connectivity index (χ2v) is 7.62. The van der Waals surface area contributed by atoms with Gasteiger partial charge < -0.3 is 29.7 Å². The van der Waals surface area contributed by atoms with E-state index in [1.54, 1.807) is 14.2 Å². The first-order valence-corrected chi connectivity index (χ1v) is 10.5. The Morgan fingerprint density at radius 3 is 2.50 bits per heavy atom. The quantitative estimate of drug-likeness (QED) is 0.197. The largest absolute Gasteiger partial charge is 0.497 e. The van der Waals surface area contributed by atoms with Gasteiger partial charge in [-0.2, -0.15) is 0 Å². The highest BCUT2D eigenvalue weighted by molar-refractivity contribution is 14.0. The number of ether oxygens (including phenoxy) is 3. The molecule has 2 N–H and O–H groups in total. The van der Waals surface area contributed by atoms with Crippen molar-refractivity contribution in [1.29, 1.82) is 0 Å². The minimum absolute atomic E-state index is 0. The number of methoxy groups -OCH3 is 1. The molecule has 30 heavy (non-hydrogen) atoms. The maximum absolute atomic E-state index is 5.82. The van der Waals surface area contributed by atoms with Gasteiger partial charge in [0.25, 0.3) is 0 Å². The Morgan fingerprint density at radius 1 is 1.20 bits per heavy atom. The molecule has 0 radical (unpaired) electrons. The monoisotopic (exact) mass is 534 g/mol. The highest BCUT2D eigenvalue weighted by Crippen LogP contribution is 2.20. The number of hydrogen-bond donors (Lipinski definition) is 2. The van der Waals surface area contributed by atoms with E-state index in [4.69, 9.17) is 14.2 Å². The van der Waals surface area contributed by atoms with Crippen LogP contribution in [0, 0.1) is 5.92 Å². The van der Waals surface area contributed by atoms with Crippen LogP contribution >= 0.6 is 24.0 Å². The molecular weight excluding hydrogens is 495 g/mol. The minimum Gasteiger partial charge on any atom is -0.497 e. The molecule has 7 nitrogen and oxygen atoms in total. The maximum Gasteiger partial charge on any atom is 0.191 e. The summed E-state index contributed by atoms with van der Waals surface area (Å²) >= 11 is 0. The fourth-order valence-corrected chi connectivity index (χ4v) is 3.38. The van der Waals surface area contributed by atoms with E-state index in [0.29, 0.717) is 5.92 Å². The molecular formula is C22H39IN4O3. The van der Waals surface area contributed by atoms with E-state index >= 15 is 0 Å². The van der Waals surface area contributed by atoms with Crippen LogP contribution < -0.4 is 15.4 Å². The molecule has 1 aromatic carbocycles. The Morgan fingerprint density at radius 2 is 1.90 bits per heavy atom. The van der Waals surface area contributed by atoms with Gasteiger partial charge in [-0.25, -0.2) is 0 Å². The van der Waals surface area contributed by atoms with Gasteiger partial charge in [0, 0.05) is 46.6 Å². The maximum atomic E-state index is 5.82. The molecule has 1 heterocycles. The summed E-state index contributed by atoms with van der Waals surface area (Å²) in [5.74, 6) is 2.34. The molecule has 1 unspecified atom stereocenters. The third-order valence-electron chi connectivity index (χ3n) is 5.26. The van der Waals surface area contributed by atoms with Gasteiger partial charge in [-0.15, -0.1) is 24.0 Å². The van der Waals surface area contributed by atoms with Crippen molar-refractivity contribution in [2.45, 2.75) is 25.3 Å². The summed E-state index contributed by atoms with van der Waals surface area (Å²) in [6, 6.07) is 8.45. The first-order valence-electron chi connectivity index (χ1n) is 10.5. The lowest BCUT2D eigenvalue weighted by Crippen LogP contribution is -2.42. The number of guanidine groups is 1. The normalized spacial score (nSPS) is 16.1. The summed E-state index contributed by atoms with van der Waals surface area (Å²) < 4.78 is 16.5. The zero-order valence-corrected chi connectivity index (χ0v) is 21.2. The third-order valence-corrected chi connectivity index (χ3v) is 5.26. The molecule has 0 spiro atoms. The Kier molecular flexibility index (Phi) is 14.1. The van der Waals surface area contributed by atoms with E-state index in [1.807, 2.05) is 12.1 Å². The molecule has 0 saturated carbocycles. The summed E-state index contributed by atoms with van der Waals surface area (Å²) in [6.07, 6.45) is 3.20. The lowest BCUT2D eigenvalue weighted by molar-refractivity contribution is 0.0203. The lowest BCUT2D eigenvalue weighted by Gasteiger charge is -2.26. The number of halogens is 1. The van der Waals surface area contributed by atoms with Gasteiger partial charge in [-0.3, -0.25) is 4.99 Å². The van der Waals surface area contributed by atoms with Gasteiger partial charge >= 0.3 is 0 Å². The van der Waals surface area contributed by atoms with E-state index in [-0.39, 0.29) is 30.0 Å². The molecule has 0 aliphatic carbocycles. The first-order chi connectivity index (χ1) is 14.1. The fourth-order valence-electron chi connectivity index (χ4n) is 3.38. The Bertz CT molecular complexity index is 593. The van der Waals surface area contributed by atoms with E-state index in [9.17, 15) is 0 Å². The van der Waals surface area contributed by atoms with Crippen molar-refractivity contribution in [3.05, 3.63) is 29.8 Å². The zero-order valence-electron chi connectivity index (χ0n) is 18.9. The molecule has 0 amide bonds. The number of aliphatic imine (C=N–C) groups is 1. The molecule has 8 heteroatoms. The summed E-state index contributed by atoms with van der Waals surface area (Å²) in [7, 11) is 7.66. The van der Waals surface area contributed by atoms with Gasteiger partial charge in [0.1, 0.15) is 5.75 Å². The number of hydrogen-bond acceptors (Lipinski definition) is 5. The van der Waals surface area contributed by atoms with Crippen molar-refractivity contribution in [2.75, 3.05) is 67.8 Å². The Hall–Kier alpha value is -1.10. The molecule has 0 aromatic heterocycles. The van der Waals surface area contributed by atoms with Crippen LogP contribution in [0.2, 0.25) is 0 Å². The van der Waals surface area contributed by atoms with Crippen LogP contribution in [0.3, 0.4) is 0 Å². The van der Waals surface area contributed by atoms with Crippen LogP contribution in [-0.2, 0) is 9.47 Å². The van der Waals surface area contributed by atoms with Gasteiger partial charge in [0.05, 0.1) is 13.2 Å². The van der Waals surface area contributed by atoms with Crippen LogP contribution in [0.25, 0.3) is 0 Å². The van der Waals surface area contributed by atoms with E-state index < -0.39 is 0 Å². The third kappa shape index (κ3) is 9.80. The van der Waals surface area contributed by atoms with Gasteiger partial charge in [0.15, 0.2) is 5.96 Å². The molecule has 1 aliphatic heterocycles. The second kappa shape index (κ2) is 15.7. The van der Waals surface area contributed by atoms with Gasteiger partial charge in [0.2, 0.25) is 0 Å². The minimum atomic E-state index is 0. The summed E-state index contributed by atoms with van der Waals surface area (Å²) in [4.78, 5) is 6.53. The predicted molar refractivity (Wildman–Crippen MR) is 133 cm³/mol. The lowest BCUT2D eigenvalue weighted by atomic mass is 10.0. The Balaban J connectivity index is 0.00000450. The van der Waals surface area contributed by atoms with Crippen molar-refractivity contribution in [2.24, 2.45) is 10.9 Å². The molecule has 1 aromatic rings. The van der Waals surface area contributed by atoms with Crippen LogP contribution in [0.15, 0.2) is 29.3 Å². The van der Waals surface area contributed by atoms with E-state index in [2.05, 4.69) is 46.8 Å². The average Bonchev–Trinajstić information content (AvgIpc) is 2.75. The first kappa shape index (κ1) is 26.9. The summed E-state index contributed by atoms with van der Waals surface area (Å²) in [6.45, 7) is 4.97. The van der Waals surface area contributed by atoms with Crippen molar-refractivity contribution < 1.29 is 14.2 Å². The van der Waals surface area contributed by atoms with Crippen LogP contribution in [0.4, 0.5) is 0 Å². The Labute approximate surface area is 199 Å². The molecule has 172 valence electrons. The van der Waals surface area contributed by atoms with E-state index in [1.165, 1.54) is 5.56 Å². The van der Waals surface area contributed by atoms with Gasteiger partial charge in [-0.1, -0.05) is 12.1 Å². The smallest absolute Gasteiger partial charge is 0.191 e. The van der Waals surface area contributed by atoms with Crippen molar-refractivity contribution in [3.8, 4) is 5.75 Å². The van der Waals surface area contributed by atoms with Crippen LogP contribution in [0.5, 0.6) is 5.75 Å². The number of benzene rings is 1. The topological polar surface area (TPSA) is 67.4 Å². The van der Waals surface area contributed by atoms with Crippen molar-refractivity contribution in [3.63, 3.8) is 0 Å². The fraction of sp³-hybridized carbons (Fsp3) is 0.682. The molecule has 0 bridgehead atoms. The molecule has 1 atom stereocenters. The highest BCUT2D eigenvalue weighted by atomic mass is 127. The number of likely N-dealkylation sites (N-methyl/N-ethyl adjacent to an activating group) is 1. The standard InChI is InChI=1S/C22H38N4O3.HI/c1-23-22(24-12-5-13-29-17-18-10-14-28-15-11-18)25-16-21(26(2)3)19-6-8-20(27-4)9-7-19;/h6-9,18,21H,5,10-17H2,1-4H3,(H2,23,24,25);1H. The zero-order chi connectivity index (χ0) is 20.9. The van der Waals surface area contributed by atoms with E-state index in [0.717, 1.165) is 70.5 Å². The van der Waals surface area contributed by atoms with Crippen molar-refractivity contribution in [1.82, 2.24) is 15.5 Å². The summed E-state index contributed by atoms with van der Waals surface area (Å²) in [5.41, 5.74) is 1.24.